The lowest BCUT2D eigenvalue weighted by atomic mass is 9.96. The molecule has 0 amide bonds. The number of nitrogens with zero attached hydrogens (tertiary/aromatic N) is 5. The third-order valence-corrected chi connectivity index (χ3v) is 4.64. The van der Waals surface area contributed by atoms with E-state index in [9.17, 15) is 4.79 Å². The van der Waals surface area contributed by atoms with E-state index in [-0.39, 0.29) is 5.56 Å². The fraction of sp³-hybridized carbons (Fsp3) is 0.556. The molecule has 128 valence electrons. The van der Waals surface area contributed by atoms with Crippen LogP contribution < -0.4 is 10.5 Å². The van der Waals surface area contributed by atoms with Gasteiger partial charge in [0.15, 0.2) is 0 Å². The Bertz CT molecular complexity index is 747. The van der Waals surface area contributed by atoms with Crippen molar-refractivity contribution in [1.29, 1.82) is 0 Å². The topological polar surface area (TPSA) is 63.9 Å². The van der Waals surface area contributed by atoms with Crippen LogP contribution in [-0.4, -0.2) is 32.6 Å². The molecule has 0 aliphatic carbocycles. The molecule has 6 nitrogen and oxygen atoms in total. The first kappa shape index (κ1) is 16.6. The van der Waals surface area contributed by atoms with Crippen molar-refractivity contribution in [2.24, 2.45) is 5.92 Å². The molecule has 0 N–H and O–H groups in total. The van der Waals surface area contributed by atoms with Crippen molar-refractivity contribution in [1.82, 2.24) is 19.5 Å². The lowest BCUT2D eigenvalue weighted by Crippen LogP contribution is -2.37. The monoisotopic (exact) mass is 327 g/mol. The molecule has 0 aromatic carbocycles. The van der Waals surface area contributed by atoms with E-state index in [4.69, 9.17) is 0 Å². The second-order valence-electron chi connectivity index (χ2n) is 6.89. The summed E-state index contributed by atoms with van der Waals surface area (Å²) < 4.78 is 1.75. The Kier molecular flexibility index (Phi) is 4.92. The van der Waals surface area contributed by atoms with Crippen molar-refractivity contribution in [3.05, 3.63) is 46.5 Å². The Labute approximate surface area is 142 Å². The lowest BCUT2D eigenvalue weighted by Gasteiger charge is -2.33. The number of piperidine rings is 1. The van der Waals surface area contributed by atoms with E-state index >= 15 is 0 Å². The van der Waals surface area contributed by atoms with Gasteiger partial charge < -0.3 is 4.90 Å². The lowest BCUT2D eigenvalue weighted by molar-refractivity contribution is 0.349. The van der Waals surface area contributed by atoms with E-state index in [0.717, 1.165) is 44.1 Å². The van der Waals surface area contributed by atoms with E-state index < -0.39 is 0 Å². The smallest absolute Gasteiger partial charge is 0.256 e. The van der Waals surface area contributed by atoms with Crippen LogP contribution in [0.2, 0.25) is 0 Å². The maximum Gasteiger partial charge on any atom is 0.256 e. The Morgan fingerprint density at radius 1 is 1.29 bits per heavy atom. The van der Waals surface area contributed by atoms with Crippen molar-refractivity contribution in [2.75, 3.05) is 18.0 Å². The molecule has 0 bridgehead atoms. The molecule has 3 rings (SSSR count). The van der Waals surface area contributed by atoms with Crippen LogP contribution in [0.3, 0.4) is 0 Å². The number of rotatable bonds is 4. The summed E-state index contributed by atoms with van der Waals surface area (Å²) >= 11 is 0. The Morgan fingerprint density at radius 2 is 2.04 bits per heavy atom. The molecule has 1 saturated heterocycles. The Balaban J connectivity index is 1.63. The molecule has 3 heterocycles. The summed E-state index contributed by atoms with van der Waals surface area (Å²) in [6.07, 6.45) is 7.24. The van der Waals surface area contributed by atoms with Gasteiger partial charge in [0, 0.05) is 43.5 Å². The van der Waals surface area contributed by atoms with Gasteiger partial charge in [0.25, 0.3) is 5.56 Å². The normalized spacial score (nSPS) is 15.9. The zero-order valence-corrected chi connectivity index (χ0v) is 14.6. The van der Waals surface area contributed by atoms with Crippen LogP contribution >= 0.6 is 0 Å². The molecule has 1 fully saturated rings. The average molecular weight is 327 g/mol. The maximum absolute atomic E-state index is 12.1. The van der Waals surface area contributed by atoms with Gasteiger partial charge in [0.05, 0.1) is 6.33 Å². The minimum absolute atomic E-state index is 0.0739. The molecule has 0 saturated carbocycles. The fourth-order valence-corrected chi connectivity index (χ4v) is 3.13. The van der Waals surface area contributed by atoms with E-state index in [2.05, 4.69) is 33.7 Å². The first-order valence-corrected chi connectivity index (χ1v) is 8.63. The van der Waals surface area contributed by atoms with Crippen molar-refractivity contribution in [2.45, 2.75) is 46.1 Å². The molecular weight excluding hydrogens is 302 g/mol. The first-order valence-electron chi connectivity index (χ1n) is 8.63. The predicted octanol–water partition coefficient (Wildman–Crippen LogP) is 2.38. The summed E-state index contributed by atoms with van der Waals surface area (Å²) in [7, 11) is 0. The molecule has 24 heavy (non-hydrogen) atoms. The van der Waals surface area contributed by atoms with Gasteiger partial charge in [-0.05, 0) is 31.7 Å². The van der Waals surface area contributed by atoms with Gasteiger partial charge in [-0.1, -0.05) is 13.8 Å². The van der Waals surface area contributed by atoms with Gasteiger partial charge >= 0.3 is 0 Å². The van der Waals surface area contributed by atoms with E-state index in [1.165, 1.54) is 0 Å². The van der Waals surface area contributed by atoms with E-state index in [0.29, 0.717) is 17.4 Å². The Morgan fingerprint density at radius 3 is 2.75 bits per heavy atom. The second kappa shape index (κ2) is 7.11. The van der Waals surface area contributed by atoms with Gasteiger partial charge in [0.1, 0.15) is 11.6 Å². The van der Waals surface area contributed by atoms with Gasteiger partial charge in [-0.2, -0.15) is 0 Å². The highest BCUT2D eigenvalue weighted by molar-refractivity contribution is 5.38. The Hall–Kier alpha value is -2.24. The number of aryl methyl sites for hydroxylation is 1. The molecule has 0 unspecified atom stereocenters. The van der Waals surface area contributed by atoms with E-state index in [1.807, 2.05) is 19.2 Å². The van der Waals surface area contributed by atoms with Crippen molar-refractivity contribution in [3.8, 4) is 0 Å². The molecule has 0 radical (unpaired) electrons. The highest BCUT2D eigenvalue weighted by Gasteiger charge is 2.21. The van der Waals surface area contributed by atoms with Crippen LogP contribution in [0.15, 0.2) is 29.6 Å². The third-order valence-electron chi connectivity index (χ3n) is 4.64. The van der Waals surface area contributed by atoms with Crippen molar-refractivity contribution < 1.29 is 0 Å². The molecule has 6 heteroatoms. The minimum atomic E-state index is 0.0739. The largest absolute Gasteiger partial charge is 0.356 e. The number of aromatic nitrogens is 4. The summed E-state index contributed by atoms with van der Waals surface area (Å²) in [5, 5.41) is 0. The zero-order chi connectivity index (χ0) is 17.1. The highest BCUT2D eigenvalue weighted by atomic mass is 16.1. The van der Waals surface area contributed by atoms with Crippen LogP contribution in [0.25, 0.3) is 0 Å². The minimum Gasteiger partial charge on any atom is -0.356 e. The summed E-state index contributed by atoms with van der Waals surface area (Å²) in [6.45, 7) is 8.72. The van der Waals surface area contributed by atoms with Crippen LogP contribution in [0.1, 0.15) is 44.0 Å². The number of anilines is 1. The van der Waals surface area contributed by atoms with Crippen LogP contribution in [0.4, 0.5) is 5.82 Å². The maximum atomic E-state index is 12.1. The van der Waals surface area contributed by atoms with Gasteiger partial charge in [-0.3, -0.25) is 9.36 Å². The quantitative estimate of drug-likeness (QED) is 0.863. The summed E-state index contributed by atoms with van der Waals surface area (Å²) in [6, 6.07) is 1.99. The average Bonchev–Trinajstić information content (AvgIpc) is 2.60. The van der Waals surface area contributed by atoms with Crippen molar-refractivity contribution >= 4 is 5.82 Å². The highest BCUT2D eigenvalue weighted by Crippen LogP contribution is 2.23. The second-order valence-corrected chi connectivity index (χ2v) is 6.89. The zero-order valence-electron chi connectivity index (χ0n) is 14.6. The molecular formula is C18H25N5O. The number of hydrogen-bond donors (Lipinski definition) is 0. The summed E-state index contributed by atoms with van der Waals surface area (Å²) in [4.78, 5) is 27.6. The van der Waals surface area contributed by atoms with Gasteiger partial charge in [-0.25, -0.2) is 15.0 Å². The fourth-order valence-electron chi connectivity index (χ4n) is 3.13. The molecule has 0 atom stereocenters. The molecule has 0 spiro atoms. The molecule has 1 aliphatic heterocycles. The van der Waals surface area contributed by atoms with Crippen LogP contribution in [-0.2, 0) is 6.54 Å². The van der Waals surface area contributed by atoms with Gasteiger partial charge in [0.2, 0.25) is 0 Å². The van der Waals surface area contributed by atoms with Crippen LogP contribution in [0.5, 0.6) is 0 Å². The van der Waals surface area contributed by atoms with Crippen molar-refractivity contribution in [3.63, 3.8) is 0 Å². The molecule has 1 aliphatic rings. The molecule has 2 aromatic rings. The van der Waals surface area contributed by atoms with Gasteiger partial charge in [-0.15, -0.1) is 0 Å². The molecule has 2 aromatic heterocycles. The first-order chi connectivity index (χ1) is 11.5. The SMILES string of the molecule is Cc1cncn(CC2CCN(c3ccnc(C(C)C)n3)CC2)c1=O. The van der Waals surface area contributed by atoms with Crippen LogP contribution in [0, 0.1) is 12.8 Å². The standard InChI is InChI=1S/C18H25N5O/c1-13(2)17-20-7-4-16(21-17)22-8-5-15(6-9-22)11-23-12-19-10-14(3)18(23)24/h4,7,10,12-13,15H,5-6,8-9,11H2,1-3H3. The van der Waals surface area contributed by atoms with E-state index in [1.54, 1.807) is 17.1 Å². The summed E-state index contributed by atoms with van der Waals surface area (Å²) in [5.74, 6) is 2.76. The number of hydrogen-bond acceptors (Lipinski definition) is 5. The summed E-state index contributed by atoms with van der Waals surface area (Å²) in [5.41, 5.74) is 0.780. The predicted molar refractivity (Wildman–Crippen MR) is 94.3 cm³/mol. The third kappa shape index (κ3) is 3.63.